The fourth-order valence-corrected chi connectivity index (χ4v) is 2.10. The molecule has 6 nitrogen and oxygen atoms in total. The Balaban J connectivity index is 2.22. The summed E-state index contributed by atoms with van der Waals surface area (Å²) in [6.45, 7) is 3.57. The van der Waals surface area contributed by atoms with Crippen LogP contribution in [0.1, 0.15) is 37.6 Å². The van der Waals surface area contributed by atoms with Crippen molar-refractivity contribution in [1.29, 1.82) is 0 Å². The number of carboxylic acids is 1. The van der Waals surface area contributed by atoms with Crippen molar-refractivity contribution in [2.75, 3.05) is 0 Å². The molecule has 0 unspecified atom stereocenters. The first kappa shape index (κ1) is 14.6. The molecule has 0 bridgehead atoms. The quantitative estimate of drug-likeness (QED) is 0.878. The third-order valence-electron chi connectivity index (χ3n) is 3.07. The van der Waals surface area contributed by atoms with E-state index >= 15 is 0 Å². The number of furan rings is 1. The normalized spacial score (nSPS) is 10.4. The molecule has 0 radical (unpaired) electrons. The monoisotopic (exact) mass is 289 g/mol. The maximum Gasteiger partial charge on any atom is 0.339 e. The summed E-state index contributed by atoms with van der Waals surface area (Å²) >= 11 is 0. The highest BCUT2D eigenvalue weighted by Crippen LogP contribution is 2.26. The van der Waals surface area contributed by atoms with Gasteiger partial charge in [0, 0.05) is 5.56 Å². The molecule has 0 atom stereocenters. The van der Waals surface area contributed by atoms with E-state index in [2.05, 4.69) is 0 Å². The van der Waals surface area contributed by atoms with Crippen molar-refractivity contribution < 1.29 is 23.8 Å². The van der Waals surface area contributed by atoms with Gasteiger partial charge < -0.3 is 20.0 Å². The summed E-state index contributed by atoms with van der Waals surface area (Å²) < 4.78 is 10.7. The zero-order chi connectivity index (χ0) is 15.6. The predicted octanol–water partition coefficient (Wildman–Crippen LogP) is 2.27. The molecule has 0 aliphatic carbocycles. The molecule has 0 fully saturated rings. The summed E-state index contributed by atoms with van der Waals surface area (Å²) in [4.78, 5) is 22.2. The summed E-state index contributed by atoms with van der Waals surface area (Å²) in [5, 5.41) is 8.99. The number of aryl methyl sites for hydroxylation is 2. The van der Waals surface area contributed by atoms with Gasteiger partial charge in [0.2, 0.25) is 5.91 Å². The fraction of sp³-hybridized carbons (Fsp3) is 0.200. The lowest BCUT2D eigenvalue weighted by atomic mass is 10.1. The maximum atomic E-state index is 11.2. The maximum absolute atomic E-state index is 11.2. The lowest BCUT2D eigenvalue weighted by molar-refractivity contribution is 0.0691. The van der Waals surface area contributed by atoms with Gasteiger partial charge in [0.1, 0.15) is 17.9 Å². The SMILES string of the molecule is Cc1cc(C(N)=O)cc(C)c1OCc1occc1C(=O)O. The second-order valence-corrected chi connectivity index (χ2v) is 4.65. The molecule has 0 aliphatic rings. The number of amides is 1. The number of carbonyl (C=O) groups excluding carboxylic acids is 1. The Kier molecular flexibility index (Phi) is 3.98. The molecule has 1 heterocycles. The average Bonchev–Trinajstić information content (AvgIpc) is 2.86. The molecule has 3 N–H and O–H groups in total. The number of aromatic carboxylic acids is 1. The summed E-state index contributed by atoms with van der Waals surface area (Å²) in [5.41, 5.74) is 7.20. The molecule has 21 heavy (non-hydrogen) atoms. The molecule has 2 rings (SSSR count). The van der Waals surface area contributed by atoms with E-state index in [9.17, 15) is 9.59 Å². The zero-order valence-corrected chi connectivity index (χ0v) is 11.7. The van der Waals surface area contributed by atoms with Crippen LogP contribution in [0.2, 0.25) is 0 Å². The van der Waals surface area contributed by atoms with Gasteiger partial charge in [0.15, 0.2) is 5.76 Å². The molecule has 0 saturated carbocycles. The second-order valence-electron chi connectivity index (χ2n) is 4.65. The Morgan fingerprint density at radius 2 is 1.90 bits per heavy atom. The van der Waals surface area contributed by atoms with Crippen LogP contribution < -0.4 is 10.5 Å². The Labute approximate surface area is 121 Å². The summed E-state index contributed by atoms with van der Waals surface area (Å²) in [6.07, 6.45) is 1.30. The van der Waals surface area contributed by atoms with Gasteiger partial charge in [-0.3, -0.25) is 4.79 Å². The molecule has 0 aliphatic heterocycles. The smallest absolute Gasteiger partial charge is 0.339 e. The number of ether oxygens (including phenoxy) is 1. The third kappa shape index (κ3) is 3.05. The molecular formula is C15H15NO5. The Bertz CT molecular complexity index is 679. The predicted molar refractivity (Wildman–Crippen MR) is 74.4 cm³/mol. The lowest BCUT2D eigenvalue weighted by Crippen LogP contribution is -2.12. The molecule has 0 saturated heterocycles. The van der Waals surface area contributed by atoms with Gasteiger partial charge in [-0.1, -0.05) is 0 Å². The van der Waals surface area contributed by atoms with Crippen LogP contribution in [0.15, 0.2) is 28.9 Å². The number of nitrogens with two attached hydrogens (primary N) is 1. The van der Waals surface area contributed by atoms with Crippen molar-refractivity contribution in [3.05, 3.63) is 52.5 Å². The van der Waals surface area contributed by atoms with Gasteiger partial charge in [-0.15, -0.1) is 0 Å². The van der Waals surface area contributed by atoms with Crippen LogP contribution in [-0.4, -0.2) is 17.0 Å². The first-order chi connectivity index (χ1) is 9.90. The highest BCUT2D eigenvalue weighted by atomic mass is 16.5. The summed E-state index contributed by atoms with van der Waals surface area (Å²) in [5.74, 6) is -0.764. The highest BCUT2D eigenvalue weighted by Gasteiger charge is 2.15. The molecular weight excluding hydrogens is 274 g/mol. The summed E-state index contributed by atoms with van der Waals surface area (Å²) in [7, 11) is 0. The molecule has 6 heteroatoms. The number of benzene rings is 1. The minimum atomic E-state index is -1.07. The number of carbonyl (C=O) groups is 2. The average molecular weight is 289 g/mol. The Hall–Kier alpha value is -2.76. The first-order valence-corrected chi connectivity index (χ1v) is 6.23. The largest absolute Gasteiger partial charge is 0.485 e. The van der Waals surface area contributed by atoms with Crippen LogP contribution in [0.3, 0.4) is 0 Å². The van der Waals surface area contributed by atoms with Crippen molar-refractivity contribution in [2.45, 2.75) is 20.5 Å². The van der Waals surface area contributed by atoms with E-state index in [4.69, 9.17) is 20.0 Å². The van der Waals surface area contributed by atoms with E-state index < -0.39 is 11.9 Å². The van der Waals surface area contributed by atoms with Gasteiger partial charge >= 0.3 is 5.97 Å². The second kappa shape index (κ2) is 5.70. The van der Waals surface area contributed by atoms with Crippen LogP contribution in [0.5, 0.6) is 5.75 Å². The van der Waals surface area contributed by atoms with Crippen molar-refractivity contribution in [3.8, 4) is 5.75 Å². The highest BCUT2D eigenvalue weighted by molar-refractivity contribution is 5.93. The van der Waals surface area contributed by atoms with E-state index in [0.29, 0.717) is 11.3 Å². The van der Waals surface area contributed by atoms with Crippen LogP contribution in [0.25, 0.3) is 0 Å². The molecule has 110 valence electrons. The lowest BCUT2D eigenvalue weighted by Gasteiger charge is -2.12. The van der Waals surface area contributed by atoms with Crippen LogP contribution >= 0.6 is 0 Å². The van der Waals surface area contributed by atoms with Crippen LogP contribution in [0.4, 0.5) is 0 Å². The number of rotatable bonds is 5. The van der Waals surface area contributed by atoms with Gasteiger partial charge in [-0.2, -0.15) is 0 Å². The van der Waals surface area contributed by atoms with E-state index in [-0.39, 0.29) is 17.9 Å². The van der Waals surface area contributed by atoms with Crippen LogP contribution in [-0.2, 0) is 6.61 Å². The molecule has 0 spiro atoms. The molecule has 1 aromatic heterocycles. The van der Waals surface area contributed by atoms with Gasteiger partial charge in [0.25, 0.3) is 0 Å². The Morgan fingerprint density at radius 3 is 2.43 bits per heavy atom. The van der Waals surface area contributed by atoms with E-state index in [0.717, 1.165) is 11.1 Å². The molecule has 1 amide bonds. The van der Waals surface area contributed by atoms with Gasteiger partial charge in [-0.25, -0.2) is 4.79 Å². The molecule has 1 aromatic carbocycles. The zero-order valence-electron chi connectivity index (χ0n) is 11.7. The Morgan fingerprint density at radius 1 is 1.29 bits per heavy atom. The topological polar surface area (TPSA) is 103 Å². The third-order valence-corrected chi connectivity index (χ3v) is 3.07. The number of hydrogen-bond donors (Lipinski definition) is 2. The van der Waals surface area contributed by atoms with E-state index in [1.165, 1.54) is 12.3 Å². The van der Waals surface area contributed by atoms with E-state index in [1.807, 2.05) is 0 Å². The van der Waals surface area contributed by atoms with Crippen molar-refractivity contribution in [2.24, 2.45) is 5.73 Å². The van der Waals surface area contributed by atoms with Crippen molar-refractivity contribution in [3.63, 3.8) is 0 Å². The van der Waals surface area contributed by atoms with Gasteiger partial charge in [-0.05, 0) is 43.2 Å². The standard InChI is InChI=1S/C15H15NO5/c1-8-5-10(14(16)17)6-9(2)13(8)21-7-12-11(15(18)19)3-4-20-12/h3-6H,7H2,1-2H3,(H2,16,17)(H,18,19). The van der Waals surface area contributed by atoms with Crippen molar-refractivity contribution in [1.82, 2.24) is 0 Å². The van der Waals surface area contributed by atoms with E-state index in [1.54, 1.807) is 26.0 Å². The minimum Gasteiger partial charge on any atom is -0.485 e. The minimum absolute atomic E-state index is 0.00771. The van der Waals surface area contributed by atoms with Crippen molar-refractivity contribution >= 4 is 11.9 Å². The summed E-state index contributed by atoms with van der Waals surface area (Å²) in [6, 6.07) is 4.63. The fourth-order valence-electron chi connectivity index (χ4n) is 2.10. The number of carboxylic acid groups (broad SMARTS) is 1. The molecule has 2 aromatic rings. The van der Waals surface area contributed by atoms with Gasteiger partial charge in [0.05, 0.1) is 6.26 Å². The van der Waals surface area contributed by atoms with Crippen LogP contribution in [0, 0.1) is 13.8 Å². The first-order valence-electron chi connectivity index (χ1n) is 6.23. The number of primary amides is 1. The number of hydrogen-bond acceptors (Lipinski definition) is 4.